The largest absolute Gasteiger partial charge is 0.504 e. The number of methoxy groups -OCH3 is 1. The number of ether oxygens (including phenoxy) is 1. The number of phenols is 1. The molecule has 0 saturated heterocycles. The standard InChI is InChI=1S/C11H12N4O2S/c1-7-13-14-11(18)15(7)12-6-8-3-4-10(17-2)9(16)5-8/h3-6,16H,1-2H3,(H,14,18)/b12-6+. The predicted molar refractivity (Wildman–Crippen MR) is 69.8 cm³/mol. The number of benzene rings is 1. The molecule has 6 nitrogen and oxygen atoms in total. The van der Waals surface area contributed by atoms with Crippen LogP contribution >= 0.6 is 12.2 Å². The lowest BCUT2D eigenvalue weighted by molar-refractivity contribution is 0.373. The third-order valence-electron chi connectivity index (χ3n) is 2.34. The van der Waals surface area contributed by atoms with Gasteiger partial charge in [0, 0.05) is 0 Å². The summed E-state index contributed by atoms with van der Waals surface area (Å²) in [6, 6.07) is 5.00. The van der Waals surface area contributed by atoms with Crippen molar-refractivity contribution >= 4 is 18.4 Å². The number of rotatable bonds is 3. The zero-order valence-corrected chi connectivity index (χ0v) is 10.7. The maximum atomic E-state index is 9.63. The Kier molecular flexibility index (Phi) is 3.42. The van der Waals surface area contributed by atoms with E-state index in [-0.39, 0.29) is 5.75 Å². The zero-order chi connectivity index (χ0) is 13.1. The zero-order valence-electron chi connectivity index (χ0n) is 9.91. The van der Waals surface area contributed by atoms with Crippen LogP contribution in [0.4, 0.5) is 0 Å². The summed E-state index contributed by atoms with van der Waals surface area (Å²) >= 11 is 5.02. The van der Waals surface area contributed by atoms with Gasteiger partial charge in [0.1, 0.15) is 5.82 Å². The smallest absolute Gasteiger partial charge is 0.216 e. The highest BCUT2D eigenvalue weighted by Crippen LogP contribution is 2.25. The van der Waals surface area contributed by atoms with Crippen molar-refractivity contribution in [2.24, 2.45) is 5.10 Å². The van der Waals surface area contributed by atoms with Gasteiger partial charge in [0.2, 0.25) is 4.77 Å². The van der Waals surface area contributed by atoms with E-state index in [0.29, 0.717) is 16.3 Å². The molecule has 94 valence electrons. The first kappa shape index (κ1) is 12.3. The Labute approximate surface area is 109 Å². The van der Waals surface area contributed by atoms with E-state index in [1.54, 1.807) is 31.3 Å². The molecule has 0 aliphatic heterocycles. The van der Waals surface area contributed by atoms with Crippen LogP contribution in [0.2, 0.25) is 0 Å². The molecule has 0 fully saturated rings. The SMILES string of the molecule is COc1ccc(/C=N/n2c(C)n[nH]c2=S)cc1O. The number of aromatic hydroxyl groups is 1. The predicted octanol–water partition coefficient (Wildman–Crippen LogP) is 1.85. The lowest BCUT2D eigenvalue weighted by Gasteiger charge is -2.03. The minimum absolute atomic E-state index is 0.0639. The molecule has 18 heavy (non-hydrogen) atoms. The lowest BCUT2D eigenvalue weighted by atomic mass is 10.2. The number of aromatic nitrogens is 3. The van der Waals surface area contributed by atoms with Crippen LogP contribution in [-0.4, -0.2) is 33.3 Å². The first-order valence-electron chi connectivity index (χ1n) is 5.17. The number of phenolic OH excluding ortho intramolecular Hbond substituents is 1. The van der Waals surface area contributed by atoms with E-state index in [2.05, 4.69) is 15.3 Å². The minimum atomic E-state index is 0.0639. The quantitative estimate of drug-likeness (QED) is 0.655. The molecule has 1 aromatic heterocycles. The van der Waals surface area contributed by atoms with Crippen LogP contribution in [0.3, 0.4) is 0 Å². The summed E-state index contributed by atoms with van der Waals surface area (Å²) in [7, 11) is 1.50. The first-order chi connectivity index (χ1) is 8.61. The van der Waals surface area contributed by atoms with Crippen LogP contribution in [0, 0.1) is 11.7 Å². The maximum Gasteiger partial charge on any atom is 0.216 e. The minimum Gasteiger partial charge on any atom is -0.504 e. The monoisotopic (exact) mass is 264 g/mol. The van der Waals surface area contributed by atoms with Crippen LogP contribution < -0.4 is 4.74 Å². The van der Waals surface area contributed by atoms with E-state index in [4.69, 9.17) is 17.0 Å². The molecule has 0 aliphatic rings. The average molecular weight is 264 g/mol. The van der Waals surface area contributed by atoms with Gasteiger partial charge in [0.05, 0.1) is 13.3 Å². The van der Waals surface area contributed by atoms with Gasteiger partial charge in [-0.1, -0.05) is 0 Å². The molecule has 2 N–H and O–H groups in total. The van der Waals surface area contributed by atoms with Gasteiger partial charge in [-0.3, -0.25) is 5.10 Å². The summed E-state index contributed by atoms with van der Waals surface area (Å²) in [5, 5.41) is 20.4. The molecule has 0 aliphatic carbocycles. The van der Waals surface area contributed by atoms with Gasteiger partial charge in [-0.05, 0) is 42.9 Å². The Morgan fingerprint density at radius 1 is 1.56 bits per heavy atom. The highest BCUT2D eigenvalue weighted by Gasteiger charge is 2.01. The van der Waals surface area contributed by atoms with Crippen molar-refractivity contribution in [1.29, 1.82) is 0 Å². The van der Waals surface area contributed by atoms with Gasteiger partial charge in [-0.2, -0.15) is 14.9 Å². The van der Waals surface area contributed by atoms with Gasteiger partial charge in [-0.15, -0.1) is 0 Å². The highest BCUT2D eigenvalue weighted by atomic mass is 32.1. The van der Waals surface area contributed by atoms with Crippen LogP contribution in [-0.2, 0) is 0 Å². The number of H-pyrrole nitrogens is 1. The van der Waals surface area contributed by atoms with Crippen molar-refractivity contribution in [1.82, 2.24) is 14.9 Å². The molecule has 0 bridgehead atoms. The normalized spacial score (nSPS) is 11.0. The second-order valence-corrected chi connectivity index (χ2v) is 3.95. The summed E-state index contributed by atoms with van der Waals surface area (Å²) in [5.41, 5.74) is 0.732. The van der Waals surface area contributed by atoms with Crippen LogP contribution in [0.5, 0.6) is 11.5 Å². The number of aromatic amines is 1. The fourth-order valence-electron chi connectivity index (χ4n) is 1.42. The molecule has 7 heteroatoms. The lowest BCUT2D eigenvalue weighted by Crippen LogP contribution is -1.94. The molecular weight excluding hydrogens is 252 g/mol. The van der Waals surface area contributed by atoms with E-state index in [9.17, 15) is 5.11 Å². The molecular formula is C11H12N4O2S. The van der Waals surface area contributed by atoms with Gasteiger partial charge in [-0.25, -0.2) is 0 Å². The molecule has 0 unspecified atom stereocenters. The van der Waals surface area contributed by atoms with Crippen molar-refractivity contribution in [3.05, 3.63) is 34.4 Å². The van der Waals surface area contributed by atoms with Crippen molar-refractivity contribution in [3.8, 4) is 11.5 Å². The third kappa shape index (κ3) is 2.40. The molecule has 0 saturated carbocycles. The number of aryl methyl sites for hydroxylation is 1. The molecule has 0 amide bonds. The first-order valence-corrected chi connectivity index (χ1v) is 5.58. The second-order valence-electron chi connectivity index (χ2n) is 3.56. The molecule has 0 radical (unpaired) electrons. The van der Waals surface area contributed by atoms with Gasteiger partial charge in [0.25, 0.3) is 0 Å². The van der Waals surface area contributed by atoms with E-state index < -0.39 is 0 Å². The molecule has 2 rings (SSSR count). The topological polar surface area (TPSA) is 75.4 Å². The van der Waals surface area contributed by atoms with E-state index >= 15 is 0 Å². The number of hydrogen-bond donors (Lipinski definition) is 2. The highest BCUT2D eigenvalue weighted by molar-refractivity contribution is 7.71. The summed E-state index contributed by atoms with van der Waals surface area (Å²) < 4.78 is 6.87. The summed E-state index contributed by atoms with van der Waals surface area (Å²) in [6.07, 6.45) is 1.58. The van der Waals surface area contributed by atoms with E-state index in [0.717, 1.165) is 5.56 Å². The average Bonchev–Trinajstić information content (AvgIpc) is 2.67. The molecule has 0 atom stereocenters. The number of nitrogens with zero attached hydrogens (tertiary/aromatic N) is 3. The molecule has 1 aromatic carbocycles. The maximum absolute atomic E-state index is 9.63. The van der Waals surface area contributed by atoms with Crippen LogP contribution in [0.15, 0.2) is 23.3 Å². The van der Waals surface area contributed by atoms with E-state index in [1.807, 2.05) is 0 Å². The Bertz CT molecular complexity index is 645. The van der Waals surface area contributed by atoms with Crippen molar-refractivity contribution in [2.45, 2.75) is 6.92 Å². The van der Waals surface area contributed by atoms with Crippen molar-refractivity contribution in [3.63, 3.8) is 0 Å². The van der Waals surface area contributed by atoms with Crippen molar-refractivity contribution < 1.29 is 9.84 Å². The Morgan fingerprint density at radius 3 is 2.89 bits per heavy atom. The summed E-state index contributed by atoms with van der Waals surface area (Å²) in [5.74, 6) is 1.14. The van der Waals surface area contributed by atoms with Crippen LogP contribution in [0.1, 0.15) is 11.4 Å². The fraction of sp³-hybridized carbons (Fsp3) is 0.182. The fourth-order valence-corrected chi connectivity index (χ4v) is 1.64. The van der Waals surface area contributed by atoms with Gasteiger partial charge < -0.3 is 9.84 Å². The van der Waals surface area contributed by atoms with Crippen molar-refractivity contribution in [2.75, 3.05) is 7.11 Å². The van der Waals surface area contributed by atoms with Crippen LogP contribution in [0.25, 0.3) is 0 Å². The Hall–Kier alpha value is -2.15. The third-order valence-corrected chi connectivity index (χ3v) is 2.60. The second kappa shape index (κ2) is 5.01. The molecule has 2 aromatic rings. The number of hydrogen-bond acceptors (Lipinski definition) is 5. The number of nitrogens with one attached hydrogen (secondary N) is 1. The van der Waals surface area contributed by atoms with Gasteiger partial charge >= 0.3 is 0 Å². The Morgan fingerprint density at radius 2 is 2.33 bits per heavy atom. The molecule has 1 heterocycles. The Balaban J connectivity index is 2.30. The van der Waals surface area contributed by atoms with Gasteiger partial charge in [0.15, 0.2) is 11.5 Å². The van der Waals surface area contributed by atoms with E-state index in [1.165, 1.54) is 11.8 Å². The summed E-state index contributed by atoms with van der Waals surface area (Å²) in [4.78, 5) is 0. The molecule has 0 spiro atoms. The summed E-state index contributed by atoms with van der Waals surface area (Å²) in [6.45, 7) is 1.79.